The van der Waals surface area contributed by atoms with Crippen LogP contribution in [0.1, 0.15) is 54.2 Å². The summed E-state index contributed by atoms with van der Waals surface area (Å²) >= 11 is 6.17. The van der Waals surface area contributed by atoms with E-state index < -0.39 is 5.97 Å². The lowest BCUT2D eigenvalue weighted by Crippen LogP contribution is -2.12. The van der Waals surface area contributed by atoms with Gasteiger partial charge in [-0.3, -0.25) is 9.59 Å². The molecule has 2 heterocycles. The summed E-state index contributed by atoms with van der Waals surface area (Å²) in [6, 6.07) is 12.1. The molecule has 1 N–H and O–H groups in total. The molecule has 3 rings (SSSR count). The van der Waals surface area contributed by atoms with E-state index in [-0.39, 0.29) is 24.5 Å². The average Bonchev–Trinajstić information content (AvgIpc) is 2.96. The number of ketones is 1. The highest BCUT2D eigenvalue weighted by molar-refractivity contribution is 6.31. The van der Waals surface area contributed by atoms with Crippen LogP contribution in [0.2, 0.25) is 5.02 Å². The fourth-order valence-corrected chi connectivity index (χ4v) is 4.15. The van der Waals surface area contributed by atoms with Gasteiger partial charge in [0.1, 0.15) is 5.65 Å². The van der Waals surface area contributed by atoms with Crippen molar-refractivity contribution in [2.24, 2.45) is 13.0 Å². The van der Waals surface area contributed by atoms with Crippen LogP contribution in [0.5, 0.6) is 0 Å². The van der Waals surface area contributed by atoms with Gasteiger partial charge in [-0.05, 0) is 43.2 Å². The molecule has 1 aromatic carbocycles. The Morgan fingerprint density at radius 3 is 2.53 bits per heavy atom. The minimum absolute atomic E-state index is 0.0259. The molecule has 0 amide bonds. The summed E-state index contributed by atoms with van der Waals surface area (Å²) in [6.07, 6.45) is 5.46. The molecular formula is C24H27ClN2O3. The third kappa shape index (κ3) is 5.28. The Bertz CT molecular complexity index is 1040. The number of carboxylic acids is 1. The smallest absolute Gasteiger partial charge is 0.303 e. The van der Waals surface area contributed by atoms with Crippen LogP contribution in [0.4, 0.5) is 0 Å². The number of aliphatic carboxylic acids is 1. The molecule has 0 radical (unpaired) electrons. The van der Waals surface area contributed by atoms with Crippen molar-refractivity contribution < 1.29 is 14.7 Å². The molecule has 0 saturated carbocycles. The molecule has 1 unspecified atom stereocenters. The number of hydrogen-bond donors (Lipinski definition) is 1. The first-order valence-corrected chi connectivity index (χ1v) is 10.7. The van der Waals surface area contributed by atoms with Gasteiger partial charge < -0.3 is 9.67 Å². The lowest BCUT2D eigenvalue weighted by atomic mass is 9.94. The minimum atomic E-state index is -0.890. The van der Waals surface area contributed by atoms with E-state index in [0.717, 1.165) is 42.4 Å². The van der Waals surface area contributed by atoms with Crippen LogP contribution in [0.3, 0.4) is 0 Å². The number of carbonyl (C=O) groups is 2. The van der Waals surface area contributed by atoms with Crippen molar-refractivity contribution in [3.8, 4) is 0 Å². The number of nitrogens with zero attached hydrogens (tertiary/aromatic N) is 2. The van der Waals surface area contributed by atoms with Crippen LogP contribution >= 0.6 is 11.6 Å². The normalized spacial score (nSPS) is 12.2. The molecule has 3 aromatic rings. The first-order chi connectivity index (χ1) is 14.4. The number of carboxylic acid groups (broad SMARTS) is 1. The molecule has 0 fully saturated rings. The third-order valence-electron chi connectivity index (χ3n) is 5.42. The van der Waals surface area contributed by atoms with Gasteiger partial charge in [0.05, 0.1) is 5.02 Å². The van der Waals surface area contributed by atoms with E-state index in [9.17, 15) is 9.59 Å². The largest absolute Gasteiger partial charge is 0.481 e. The number of benzene rings is 1. The maximum Gasteiger partial charge on any atom is 0.303 e. The average molecular weight is 427 g/mol. The van der Waals surface area contributed by atoms with Crippen LogP contribution in [0.25, 0.3) is 11.0 Å². The van der Waals surface area contributed by atoms with Gasteiger partial charge >= 0.3 is 5.97 Å². The zero-order valence-corrected chi connectivity index (χ0v) is 18.2. The fourth-order valence-electron chi connectivity index (χ4n) is 3.99. The number of fused-ring (bicyclic) bond motifs is 1. The third-order valence-corrected chi connectivity index (χ3v) is 5.63. The summed E-state index contributed by atoms with van der Waals surface area (Å²) in [6.45, 7) is 1.79. The van der Waals surface area contributed by atoms with E-state index >= 15 is 0 Å². The van der Waals surface area contributed by atoms with Gasteiger partial charge in [0.25, 0.3) is 0 Å². The van der Waals surface area contributed by atoms with Crippen LogP contribution in [-0.2, 0) is 24.7 Å². The second-order valence-electron chi connectivity index (χ2n) is 7.93. The van der Waals surface area contributed by atoms with Crippen molar-refractivity contribution in [1.29, 1.82) is 0 Å². The van der Waals surface area contributed by atoms with Gasteiger partial charge in [0, 0.05) is 42.7 Å². The molecular weight excluding hydrogens is 400 g/mol. The molecule has 30 heavy (non-hydrogen) atoms. The number of aromatic nitrogens is 2. The van der Waals surface area contributed by atoms with Crippen LogP contribution in [0.15, 0.2) is 42.6 Å². The van der Waals surface area contributed by atoms with Crippen LogP contribution in [-0.4, -0.2) is 26.4 Å². The number of carbonyl (C=O) groups excluding carboxylic acids is 1. The molecule has 1 atom stereocenters. The van der Waals surface area contributed by atoms with Crippen LogP contribution in [0, 0.1) is 5.92 Å². The monoisotopic (exact) mass is 426 g/mol. The Morgan fingerprint density at radius 2 is 1.83 bits per heavy atom. The van der Waals surface area contributed by atoms with Gasteiger partial charge in [-0.25, -0.2) is 4.98 Å². The summed E-state index contributed by atoms with van der Waals surface area (Å²) in [5, 5.41) is 10.3. The molecule has 0 aliphatic carbocycles. The van der Waals surface area contributed by atoms with E-state index in [1.165, 1.54) is 5.56 Å². The van der Waals surface area contributed by atoms with Gasteiger partial charge in [-0.15, -0.1) is 0 Å². The number of rotatable bonds is 10. The predicted octanol–water partition coefficient (Wildman–Crippen LogP) is 5.48. The summed E-state index contributed by atoms with van der Waals surface area (Å²) < 4.78 is 1.98. The molecule has 0 aliphatic rings. The quantitative estimate of drug-likeness (QED) is 0.344. The van der Waals surface area contributed by atoms with Gasteiger partial charge in [0.2, 0.25) is 0 Å². The van der Waals surface area contributed by atoms with Crippen molar-refractivity contribution in [2.75, 3.05) is 0 Å². The summed E-state index contributed by atoms with van der Waals surface area (Å²) in [4.78, 5) is 28.6. The highest BCUT2D eigenvalue weighted by Crippen LogP contribution is 2.30. The first kappa shape index (κ1) is 22.0. The number of halogens is 1. The lowest BCUT2D eigenvalue weighted by Gasteiger charge is -2.10. The Kier molecular flexibility index (Phi) is 7.27. The second-order valence-corrected chi connectivity index (χ2v) is 8.36. The predicted molar refractivity (Wildman–Crippen MR) is 119 cm³/mol. The molecule has 0 saturated heterocycles. The molecule has 0 bridgehead atoms. The Morgan fingerprint density at radius 1 is 1.13 bits per heavy atom. The second kappa shape index (κ2) is 9.90. The molecule has 0 spiro atoms. The summed E-state index contributed by atoms with van der Waals surface area (Å²) in [5.41, 5.74) is 3.62. The van der Waals surface area contributed by atoms with Crippen molar-refractivity contribution in [1.82, 2.24) is 9.55 Å². The number of pyridine rings is 1. The van der Waals surface area contributed by atoms with Crippen LogP contribution < -0.4 is 0 Å². The van der Waals surface area contributed by atoms with Crippen molar-refractivity contribution in [3.05, 3.63) is 64.4 Å². The SMILES string of the molecule is CC(CC(=O)O)CC(=O)c1c(CCCCc2ccccc2)n(C)c2ncc(Cl)cc12. The van der Waals surface area contributed by atoms with Crippen molar-refractivity contribution in [2.45, 2.75) is 45.4 Å². The molecule has 158 valence electrons. The lowest BCUT2D eigenvalue weighted by molar-refractivity contribution is -0.137. The zero-order chi connectivity index (χ0) is 21.7. The van der Waals surface area contributed by atoms with E-state index in [4.69, 9.17) is 16.7 Å². The highest BCUT2D eigenvalue weighted by atomic mass is 35.5. The standard InChI is InChI=1S/C24H27ClN2O3/c1-16(13-22(29)30)12-21(28)23-19-14-18(25)15-26-24(19)27(2)20(23)11-7-6-10-17-8-4-3-5-9-17/h3-5,8-9,14-16H,6-7,10-13H2,1-2H3,(H,29,30). The Labute approximate surface area is 181 Å². The Hall–Kier alpha value is -2.66. The van der Waals surface area contributed by atoms with Gasteiger partial charge in [0.15, 0.2) is 5.78 Å². The topological polar surface area (TPSA) is 72.2 Å². The number of unbranched alkanes of at least 4 members (excludes halogenated alkanes) is 1. The maximum atomic E-state index is 13.2. The number of hydrogen-bond acceptors (Lipinski definition) is 3. The van der Waals surface area contributed by atoms with Gasteiger partial charge in [-0.2, -0.15) is 0 Å². The molecule has 0 aliphatic heterocycles. The van der Waals surface area contributed by atoms with E-state index in [0.29, 0.717) is 10.6 Å². The summed E-state index contributed by atoms with van der Waals surface area (Å²) in [5.74, 6) is -1.17. The van der Waals surface area contributed by atoms with Gasteiger partial charge in [-0.1, -0.05) is 48.9 Å². The van der Waals surface area contributed by atoms with E-state index in [2.05, 4.69) is 17.1 Å². The number of Topliss-reactive ketones (excluding diaryl/α,β-unsaturated/α-hetero) is 1. The fraction of sp³-hybridized carbons (Fsp3) is 0.375. The van der Waals surface area contributed by atoms with Crippen molar-refractivity contribution >= 4 is 34.4 Å². The maximum absolute atomic E-state index is 13.2. The van der Waals surface area contributed by atoms with E-state index in [1.807, 2.05) is 29.8 Å². The zero-order valence-electron chi connectivity index (χ0n) is 17.4. The highest BCUT2D eigenvalue weighted by Gasteiger charge is 2.24. The van der Waals surface area contributed by atoms with Crippen molar-refractivity contribution in [3.63, 3.8) is 0 Å². The molecule has 6 heteroatoms. The Balaban J connectivity index is 1.82. The van der Waals surface area contributed by atoms with E-state index in [1.54, 1.807) is 19.2 Å². The summed E-state index contributed by atoms with van der Waals surface area (Å²) in [7, 11) is 1.92. The minimum Gasteiger partial charge on any atom is -0.481 e. The molecule has 5 nitrogen and oxygen atoms in total. The molecule has 2 aromatic heterocycles. The first-order valence-electron chi connectivity index (χ1n) is 10.3. The number of aryl methyl sites for hydroxylation is 2.